The molecule has 0 bridgehead atoms. The zero-order chi connectivity index (χ0) is 22.9. The Labute approximate surface area is 190 Å². The van der Waals surface area contributed by atoms with Gasteiger partial charge in [0.1, 0.15) is 0 Å². The largest absolute Gasteiger partial charge is 0.336 e. The molecule has 1 aromatic rings. The summed E-state index contributed by atoms with van der Waals surface area (Å²) in [5, 5.41) is 11.1. The number of hydrogen-bond donors (Lipinski definition) is 0. The van der Waals surface area contributed by atoms with E-state index in [2.05, 4.69) is 4.90 Å². The van der Waals surface area contributed by atoms with Crippen LogP contribution in [0.25, 0.3) is 0 Å². The van der Waals surface area contributed by atoms with Crippen molar-refractivity contribution in [2.45, 2.75) is 88.1 Å². The van der Waals surface area contributed by atoms with E-state index in [0.29, 0.717) is 30.5 Å². The Morgan fingerprint density at radius 3 is 2.03 bits per heavy atom. The standard InChI is InChI=1S/C23H33N3O5S/c1-17-10-11-21(26(28)29)16-22(17)32(30,31)24-14-12-18(13-15-24)23(27)25(19-6-2-3-7-19)20-8-4-5-9-20/h10-11,16,18-20H,2-9,12-15H2,1H3. The number of amides is 1. The van der Waals surface area contributed by atoms with Gasteiger partial charge in [-0.1, -0.05) is 31.7 Å². The van der Waals surface area contributed by atoms with Gasteiger partial charge in [-0.05, 0) is 51.0 Å². The predicted molar refractivity (Wildman–Crippen MR) is 121 cm³/mol. The fourth-order valence-electron chi connectivity index (χ4n) is 5.70. The summed E-state index contributed by atoms with van der Waals surface area (Å²) in [7, 11) is -3.85. The number of carbonyl (C=O) groups excluding carboxylic acids is 1. The van der Waals surface area contributed by atoms with Gasteiger partial charge in [-0.25, -0.2) is 8.42 Å². The van der Waals surface area contributed by atoms with Crippen molar-refractivity contribution in [3.05, 3.63) is 33.9 Å². The summed E-state index contributed by atoms with van der Waals surface area (Å²) < 4.78 is 27.8. The van der Waals surface area contributed by atoms with Crippen LogP contribution in [-0.4, -0.2) is 53.6 Å². The molecule has 3 fully saturated rings. The van der Waals surface area contributed by atoms with Gasteiger partial charge in [0.05, 0.1) is 9.82 Å². The van der Waals surface area contributed by atoms with Gasteiger partial charge < -0.3 is 4.90 Å². The van der Waals surface area contributed by atoms with Gasteiger partial charge in [0, 0.05) is 43.2 Å². The molecule has 1 aliphatic heterocycles. The van der Waals surface area contributed by atoms with Crippen LogP contribution in [0.3, 0.4) is 0 Å². The maximum absolute atomic E-state index is 13.6. The minimum atomic E-state index is -3.85. The third kappa shape index (κ3) is 4.55. The van der Waals surface area contributed by atoms with Crippen molar-refractivity contribution in [3.8, 4) is 0 Å². The van der Waals surface area contributed by atoms with Gasteiger partial charge in [0.2, 0.25) is 15.9 Å². The molecule has 176 valence electrons. The Morgan fingerprint density at radius 1 is 1.00 bits per heavy atom. The molecule has 1 heterocycles. The number of hydrogen-bond acceptors (Lipinski definition) is 5. The van der Waals surface area contributed by atoms with E-state index in [1.807, 2.05) is 0 Å². The second kappa shape index (κ2) is 9.47. The minimum absolute atomic E-state index is 0.0185. The summed E-state index contributed by atoms with van der Waals surface area (Å²) in [4.78, 5) is 26.3. The van der Waals surface area contributed by atoms with E-state index >= 15 is 0 Å². The molecule has 8 nitrogen and oxygen atoms in total. The van der Waals surface area contributed by atoms with E-state index in [4.69, 9.17) is 0 Å². The number of non-ortho nitro benzene ring substituents is 1. The number of nitro groups is 1. The van der Waals surface area contributed by atoms with Gasteiger partial charge >= 0.3 is 0 Å². The fraction of sp³-hybridized carbons (Fsp3) is 0.696. The number of benzene rings is 1. The van der Waals surface area contributed by atoms with Crippen LogP contribution in [-0.2, 0) is 14.8 Å². The van der Waals surface area contributed by atoms with Crippen LogP contribution in [0, 0.1) is 23.0 Å². The van der Waals surface area contributed by atoms with Gasteiger partial charge in [-0.2, -0.15) is 4.31 Å². The summed E-state index contributed by atoms with van der Waals surface area (Å²) in [6.07, 6.45) is 10.1. The molecule has 2 aliphatic carbocycles. The lowest BCUT2D eigenvalue weighted by Crippen LogP contribution is -2.50. The third-order valence-corrected chi connectivity index (χ3v) is 9.53. The molecule has 0 N–H and O–H groups in total. The number of piperidine rings is 1. The van der Waals surface area contributed by atoms with E-state index in [-0.39, 0.29) is 35.5 Å². The van der Waals surface area contributed by atoms with E-state index in [0.717, 1.165) is 31.7 Å². The number of nitro benzene ring substituents is 1. The van der Waals surface area contributed by atoms with Crippen molar-refractivity contribution in [1.82, 2.24) is 9.21 Å². The van der Waals surface area contributed by atoms with Crippen molar-refractivity contribution in [1.29, 1.82) is 0 Å². The average molecular weight is 464 g/mol. The van der Waals surface area contributed by atoms with E-state index in [1.165, 1.54) is 42.1 Å². The van der Waals surface area contributed by atoms with E-state index in [9.17, 15) is 23.3 Å². The first kappa shape index (κ1) is 23.2. The lowest BCUT2D eigenvalue weighted by Gasteiger charge is -2.39. The van der Waals surface area contributed by atoms with Crippen molar-refractivity contribution in [3.63, 3.8) is 0 Å². The molecule has 0 unspecified atom stereocenters. The molecule has 0 aromatic heterocycles. The van der Waals surface area contributed by atoms with Crippen LogP contribution >= 0.6 is 0 Å². The smallest absolute Gasteiger partial charge is 0.270 e. The molecule has 32 heavy (non-hydrogen) atoms. The molecule has 0 spiro atoms. The highest BCUT2D eigenvalue weighted by atomic mass is 32.2. The van der Waals surface area contributed by atoms with Crippen LogP contribution in [0.15, 0.2) is 23.1 Å². The normalized spacial score (nSPS) is 21.8. The topological polar surface area (TPSA) is 101 Å². The lowest BCUT2D eigenvalue weighted by atomic mass is 9.94. The highest BCUT2D eigenvalue weighted by Crippen LogP contribution is 2.35. The Balaban J connectivity index is 1.46. The van der Waals surface area contributed by atoms with Gasteiger partial charge in [0.15, 0.2) is 0 Å². The highest BCUT2D eigenvalue weighted by Gasteiger charge is 2.40. The molecular weight excluding hydrogens is 430 g/mol. The Hall–Kier alpha value is -2.00. The van der Waals surface area contributed by atoms with E-state index in [1.54, 1.807) is 6.92 Å². The Morgan fingerprint density at radius 2 is 1.53 bits per heavy atom. The zero-order valence-electron chi connectivity index (χ0n) is 18.7. The molecule has 9 heteroatoms. The van der Waals surface area contributed by atoms with Gasteiger partial charge in [-0.15, -0.1) is 0 Å². The maximum Gasteiger partial charge on any atom is 0.270 e. The first-order chi connectivity index (χ1) is 15.3. The predicted octanol–water partition coefficient (Wildman–Crippen LogP) is 4.02. The van der Waals surface area contributed by atoms with Crippen molar-refractivity contribution >= 4 is 21.6 Å². The third-order valence-electron chi connectivity index (χ3n) is 7.49. The number of sulfonamides is 1. The summed E-state index contributed by atoms with van der Waals surface area (Å²) in [5.74, 6) is 0.0706. The SMILES string of the molecule is Cc1ccc([N+](=O)[O-])cc1S(=O)(=O)N1CCC(C(=O)N(C2CCCC2)C2CCCC2)CC1. The second-order valence-electron chi connectivity index (χ2n) is 9.51. The summed E-state index contributed by atoms with van der Waals surface area (Å²) in [6, 6.07) is 4.63. The molecule has 3 aliphatic rings. The average Bonchev–Trinajstić information content (AvgIpc) is 3.49. The van der Waals surface area contributed by atoms with Crippen LogP contribution in [0.1, 0.15) is 69.8 Å². The maximum atomic E-state index is 13.6. The van der Waals surface area contributed by atoms with E-state index < -0.39 is 14.9 Å². The number of nitrogens with zero attached hydrogens (tertiary/aromatic N) is 3. The van der Waals surface area contributed by atoms with Crippen LogP contribution in [0.2, 0.25) is 0 Å². The van der Waals surface area contributed by atoms with Gasteiger partial charge in [-0.3, -0.25) is 14.9 Å². The van der Waals surface area contributed by atoms with Crippen molar-refractivity contribution in [2.24, 2.45) is 5.92 Å². The van der Waals surface area contributed by atoms with Crippen molar-refractivity contribution in [2.75, 3.05) is 13.1 Å². The zero-order valence-corrected chi connectivity index (χ0v) is 19.6. The number of rotatable bonds is 6. The molecule has 0 atom stereocenters. The van der Waals surface area contributed by atoms with Gasteiger partial charge in [0.25, 0.3) is 5.69 Å². The van der Waals surface area contributed by atoms with Crippen LogP contribution < -0.4 is 0 Å². The molecule has 1 aromatic carbocycles. The fourth-order valence-corrected chi connectivity index (χ4v) is 7.41. The lowest BCUT2D eigenvalue weighted by molar-refractivity contribution is -0.385. The molecule has 0 radical (unpaired) electrons. The summed E-state index contributed by atoms with van der Waals surface area (Å²) >= 11 is 0. The van der Waals surface area contributed by atoms with Crippen LogP contribution in [0.5, 0.6) is 0 Å². The number of aryl methyl sites for hydroxylation is 1. The summed E-state index contributed by atoms with van der Waals surface area (Å²) in [6.45, 7) is 2.18. The molecule has 2 saturated carbocycles. The van der Waals surface area contributed by atoms with Crippen molar-refractivity contribution < 1.29 is 18.1 Å². The Bertz CT molecular complexity index is 944. The highest BCUT2D eigenvalue weighted by molar-refractivity contribution is 7.89. The van der Waals surface area contributed by atoms with Crippen LogP contribution in [0.4, 0.5) is 5.69 Å². The Kier molecular flexibility index (Phi) is 6.86. The first-order valence-electron chi connectivity index (χ1n) is 11.9. The first-order valence-corrected chi connectivity index (χ1v) is 13.3. The molecule has 1 saturated heterocycles. The number of carbonyl (C=O) groups is 1. The molecular formula is C23H33N3O5S. The second-order valence-corrected chi connectivity index (χ2v) is 11.4. The minimum Gasteiger partial charge on any atom is -0.336 e. The molecule has 1 amide bonds. The summed E-state index contributed by atoms with van der Waals surface area (Å²) in [5.41, 5.74) is 0.255. The monoisotopic (exact) mass is 463 g/mol. The molecule has 4 rings (SSSR count). The quantitative estimate of drug-likeness (QED) is 0.468.